The molecule has 17 nitrogen and oxygen atoms in total. The van der Waals surface area contributed by atoms with Crippen molar-refractivity contribution in [2.24, 2.45) is 0 Å². The fourth-order valence-electron chi connectivity index (χ4n) is 10.8. The van der Waals surface area contributed by atoms with Crippen LogP contribution in [0.3, 0.4) is 0 Å². The fraction of sp³-hybridized carbons (Fsp3) is 0.648. The van der Waals surface area contributed by atoms with E-state index in [9.17, 15) is 43.2 Å². The molecule has 0 heterocycles. The predicted octanol–water partition coefficient (Wildman–Crippen LogP) is 25.3. The molecule has 0 aliphatic rings. The number of hydrogen-bond acceptors (Lipinski definition) is 15. The molecule has 0 amide bonds. The summed E-state index contributed by atoms with van der Waals surface area (Å²) < 4.78 is 68.8. The van der Waals surface area contributed by atoms with Gasteiger partial charge >= 0.3 is 39.5 Å². The van der Waals surface area contributed by atoms with Crippen LogP contribution >= 0.6 is 15.6 Å². The molecule has 5 atom stereocenters. The van der Waals surface area contributed by atoms with Crippen molar-refractivity contribution >= 4 is 39.5 Å². The van der Waals surface area contributed by atoms with Crippen LogP contribution in [-0.4, -0.2) is 96.7 Å². The van der Waals surface area contributed by atoms with Gasteiger partial charge in [0, 0.05) is 25.7 Å². The van der Waals surface area contributed by atoms with Crippen LogP contribution in [0.5, 0.6) is 0 Å². The molecule has 0 radical (unpaired) electrons. The summed E-state index contributed by atoms with van der Waals surface area (Å²) in [6.45, 7) is 4.45. The highest BCUT2D eigenvalue weighted by Crippen LogP contribution is 2.45. The summed E-state index contributed by atoms with van der Waals surface area (Å²) in [6, 6.07) is 0. The molecule has 0 rings (SSSR count). The summed E-state index contributed by atoms with van der Waals surface area (Å²) in [6.07, 6.45) is 97.4. The number of carbonyl (C=O) groups is 4. The Balaban J connectivity index is 5.46. The van der Waals surface area contributed by atoms with Crippen LogP contribution in [0.1, 0.15) is 323 Å². The molecule has 0 aromatic rings. The van der Waals surface area contributed by atoms with Crippen LogP contribution in [0.4, 0.5) is 0 Å². The van der Waals surface area contributed by atoms with Crippen molar-refractivity contribution in [1.29, 1.82) is 0 Å². The number of allylic oxidation sites excluding steroid dienone is 28. The monoisotopic (exact) mass is 1580 g/mol. The second-order valence-corrected chi connectivity index (χ2v) is 30.5. The van der Waals surface area contributed by atoms with Gasteiger partial charge < -0.3 is 33.8 Å². The molecule has 0 fully saturated rings. The highest BCUT2D eigenvalue weighted by molar-refractivity contribution is 7.47. The molecule has 0 aliphatic carbocycles. The highest BCUT2D eigenvalue weighted by atomic mass is 31.2. The molecule has 0 aromatic heterocycles. The van der Waals surface area contributed by atoms with Crippen molar-refractivity contribution in [2.45, 2.75) is 341 Å². The van der Waals surface area contributed by atoms with E-state index in [2.05, 4.69) is 198 Å². The molecule has 626 valence electrons. The van der Waals surface area contributed by atoms with Crippen molar-refractivity contribution in [3.63, 3.8) is 0 Å². The quantitative estimate of drug-likeness (QED) is 0.0169. The zero-order chi connectivity index (χ0) is 80.3. The van der Waals surface area contributed by atoms with Gasteiger partial charge in [-0.1, -0.05) is 294 Å². The lowest BCUT2D eigenvalue weighted by molar-refractivity contribution is -0.161. The molecule has 0 saturated carbocycles. The number of unbranched alkanes of at least 4 members (excludes halogenated alkanes) is 24. The average Bonchev–Trinajstić information content (AvgIpc) is 0.900. The number of esters is 4. The second-order valence-electron chi connectivity index (χ2n) is 27.6. The second kappa shape index (κ2) is 81.4. The third-order valence-corrected chi connectivity index (χ3v) is 19.1. The minimum atomic E-state index is -5.00. The minimum Gasteiger partial charge on any atom is -0.462 e. The molecular formula is C91H150O17P2. The van der Waals surface area contributed by atoms with E-state index in [1.165, 1.54) is 19.3 Å². The largest absolute Gasteiger partial charge is 0.472 e. The molecule has 0 spiro atoms. The van der Waals surface area contributed by atoms with E-state index in [4.69, 9.17) is 37.0 Å². The Morgan fingerprint density at radius 2 is 0.473 bits per heavy atom. The SMILES string of the molecule is CC/C=C\C/C=C\C/C=C\C/C=C\C/C=C\CCCCCC(=O)OCC(COP(=O)(O)OCC(O)COP(=O)(O)OCC(COC(=O)CCCCCCCCC/C=C\C/C=C\C/C=C\CC)OC(=O)CCCCCCC/C=C\C/C=C\CCCCC)OC(=O)CCCCCCCC/C=C\C/C=C\C/C=C\C/C=C\CC. The van der Waals surface area contributed by atoms with Gasteiger partial charge in [-0.3, -0.25) is 37.3 Å². The number of rotatable bonds is 78. The number of aliphatic hydroxyl groups is 1. The number of ether oxygens (including phenoxy) is 4. The van der Waals surface area contributed by atoms with E-state index in [1.807, 2.05) is 0 Å². The molecule has 5 unspecified atom stereocenters. The van der Waals surface area contributed by atoms with Crippen molar-refractivity contribution in [3.8, 4) is 0 Å². The lowest BCUT2D eigenvalue weighted by Gasteiger charge is -2.21. The normalized spacial score (nSPS) is 14.6. The Morgan fingerprint density at radius 3 is 0.736 bits per heavy atom. The Bertz CT molecular complexity index is 2750. The predicted molar refractivity (Wildman–Crippen MR) is 454 cm³/mol. The summed E-state index contributed by atoms with van der Waals surface area (Å²) in [7, 11) is -10.0. The first-order valence-corrected chi connectivity index (χ1v) is 45.4. The maximum Gasteiger partial charge on any atom is 0.472 e. The van der Waals surface area contributed by atoms with E-state index >= 15 is 0 Å². The van der Waals surface area contributed by atoms with Gasteiger partial charge in [0.1, 0.15) is 19.3 Å². The molecule has 0 bridgehead atoms. The van der Waals surface area contributed by atoms with Crippen molar-refractivity contribution in [3.05, 3.63) is 170 Å². The topological polar surface area (TPSA) is 237 Å². The van der Waals surface area contributed by atoms with Gasteiger partial charge in [-0.25, -0.2) is 9.13 Å². The summed E-state index contributed by atoms with van der Waals surface area (Å²) >= 11 is 0. The lowest BCUT2D eigenvalue weighted by atomic mass is 10.1. The molecule has 0 aromatic carbocycles. The van der Waals surface area contributed by atoms with Crippen LogP contribution in [0.2, 0.25) is 0 Å². The van der Waals surface area contributed by atoms with Gasteiger partial charge in [0.15, 0.2) is 12.2 Å². The molecule has 0 saturated heterocycles. The van der Waals surface area contributed by atoms with Gasteiger partial charge in [0.05, 0.1) is 26.4 Å². The number of hydrogen-bond donors (Lipinski definition) is 3. The van der Waals surface area contributed by atoms with Crippen molar-refractivity contribution in [2.75, 3.05) is 39.6 Å². The number of phosphoric ester groups is 2. The smallest absolute Gasteiger partial charge is 0.462 e. The van der Waals surface area contributed by atoms with E-state index in [1.54, 1.807) is 0 Å². The summed E-state index contributed by atoms with van der Waals surface area (Å²) in [4.78, 5) is 73.3. The van der Waals surface area contributed by atoms with Crippen molar-refractivity contribution in [1.82, 2.24) is 0 Å². The van der Waals surface area contributed by atoms with Gasteiger partial charge in [0.2, 0.25) is 0 Å². The van der Waals surface area contributed by atoms with Crippen LogP contribution in [0.25, 0.3) is 0 Å². The molecular weight excluding hydrogens is 1430 g/mol. The molecule has 19 heteroatoms. The number of aliphatic hydroxyl groups excluding tert-OH is 1. The van der Waals surface area contributed by atoms with E-state index in [0.29, 0.717) is 25.7 Å². The number of phosphoric acid groups is 2. The first-order chi connectivity index (χ1) is 53.7. The zero-order valence-electron chi connectivity index (χ0n) is 68.6. The maximum absolute atomic E-state index is 13.1. The Labute approximate surface area is 667 Å². The van der Waals surface area contributed by atoms with E-state index < -0.39 is 97.5 Å². The standard InChI is InChI=1S/C91H150O17P2/c1-5-9-13-17-21-25-29-33-37-40-42-45-49-52-56-60-64-68-72-76-89(94)102-82-87(108-91(96)78-74-70-66-62-58-54-50-46-43-41-38-34-30-26-22-18-14-10-6-2)84-106-110(99,100)104-80-85(92)79-103-109(97,98)105-83-86(107-90(95)77-73-69-65-61-57-53-47-36-32-28-24-20-16-12-8-4)81-101-88(93)75-71-67-63-59-55-51-48-44-39-35-31-27-23-19-15-11-7-3/h9-11,13-15,21-28,33-39,42-43,45-47,52,56,85-87,92H,5-8,12,16-20,29-32,40-41,44,48-51,53-55,57-84H2,1-4H3,(H,97,98)(H,99,100)/b13-9-,14-10-,15-11-,25-21-,26-22-,27-23-,28-24-,37-33-,38-34-,39-35-,45-42-,46-43-,47-36-,56-52-. The van der Waals surface area contributed by atoms with Gasteiger partial charge in [-0.05, 0) is 173 Å². The van der Waals surface area contributed by atoms with Crippen LogP contribution in [0, 0.1) is 0 Å². The highest BCUT2D eigenvalue weighted by Gasteiger charge is 2.30. The lowest BCUT2D eigenvalue weighted by Crippen LogP contribution is -2.30. The molecule has 3 N–H and O–H groups in total. The zero-order valence-corrected chi connectivity index (χ0v) is 70.4. The van der Waals surface area contributed by atoms with Gasteiger partial charge in [0.25, 0.3) is 0 Å². The Hall–Kier alpha value is -5.58. The Morgan fingerprint density at radius 1 is 0.264 bits per heavy atom. The van der Waals surface area contributed by atoms with Crippen LogP contribution in [0.15, 0.2) is 170 Å². The van der Waals surface area contributed by atoms with Gasteiger partial charge in [-0.15, -0.1) is 0 Å². The van der Waals surface area contributed by atoms with Crippen LogP contribution in [-0.2, 0) is 65.4 Å². The maximum atomic E-state index is 13.1. The van der Waals surface area contributed by atoms with E-state index in [0.717, 1.165) is 225 Å². The minimum absolute atomic E-state index is 0.0647. The first kappa shape index (κ1) is 104. The fourth-order valence-corrected chi connectivity index (χ4v) is 12.4. The van der Waals surface area contributed by atoms with Crippen molar-refractivity contribution < 1.29 is 80.2 Å². The average molecular weight is 1580 g/mol. The van der Waals surface area contributed by atoms with Crippen LogP contribution < -0.4 is 0 Å². The summed E-state index contributed by atoms with van der Waals surface area (Å²) in [5.74, 6) is -2.26. The third kappa shape index (κ3) is 80.5. The first-order valence-electron chi connectivity index (χ1n) is 42.4. The Kier molecular flexibility index (Phi) is 77.3. The third-order valence-electron chi connectivity index (χ3n) is 17.2. The molecule has 110 heavy (non-hydrogen) atoms. The summed E-state index contributed by atoms with van der Waals surface area (Å²) in [5.41, 5.74) is 0. The van der Waals surface area contributed by atoms with Gasteiger partial charge in [-0.2, -0.15) is 0 Å². The number of carbonyl (C=O) groups excluding carboxylic acids is 4. The van der Waals surface area contributed by atoms with E-state index in [-0.39, 0.29) is 25.7 Å². The molecule has 0 aliphatic heterocycles. The summed E-state index contributed by atoms with van der Waals surface area (Å²) in [5, 5.41) is 10.7.